The summed E-state index contributed by atoms with van der Waals surface area (Å²) in [7, 11) is 0. The molecule has 2 nitrogen and oxygen atoms in total. The lowest BCUT2D eigenvalue weighted by atomic mass is 10.2. The van der Waals surface area contributed by atoms with Crippen LogP contribution >= 0.6 is 23.2 Å². The summed E-state index contributed by atoms with van der Waals surface area (Å²) < 4.78 is 5.61. The van der Waals surface area contributed by atoms with Crippen LogP contribution in [-0.2, 0) is 6.61 Å². The van der Waals surface area contributed by atoms with Crippen LogP contribution in [0.5, 0.6) is 11.5 Å². The van der Waals surface area contributed by atoms with Crippen molar-refractivity contribution in [3.8, 4) is 11.5 Å². The zero-order valence-electron chi connectivity index (χ0n) is 10.6. The Morgan fingerprint density at radius 2 is 1.58 bits per heavy atom. The molecule has 0 aliphatic heterocycles. The SMILES string of the molecule is CC(Cl)Cl.OCc1cccc(Oc2ccccc2)c1. The molecule has 0 radical (unpaired) electrons. The molecule has 0 atom stereocenters. The maximum absolute atomic E-state index is 8.97. The Morgan fingerprint density at radius 3 is 2.16 bits per heavy atom. The van der Waals surface area contributed by atoms with Crippen LogP contribution in [0.15, 0.2) is 54.6 Å². The highest BCUT2D eigenvalue weighted by molar-refractivity contribution is 6.43. The standard InChI is InChI=1S/C13H12O2.C2H4Cl2/c14-10-11-5-4-8-13(9-11)15-12-6-2-1-3-7-12;1-2(3)4/h1-9,14H,10H2;2H,1H3. The number of rotatable bonds is 3. The van der Waals surface area contributed by atoms with Crippen molar-refractivity contribution in [1.29, 1.82) is 0 Å². The summed E-state index contributed by atoms with van der Waals surface area (Å²) >= 11 is 10.1. The van der Waals surface area contributed by atoms with Crippen molar-refractivity contribution in [2.75, 3.05) is 0 Å². The zero-order valence-corrected chi connectivity index (χ0v) is 12.1. The first-order chi connectivity index (χ1) is 9.11. The van der Waals surface area contributed by atoms with E-state index < -0.39 is 0 Å². The fourth-order valence-electron chi connectivity index (χ4n) is 1.33. The van der Waals surface area contributed by atoms with E-state index in [0.717, 1.165) is 17.1 Å². The average molecular weight is 299 g/mol. The Labute approximate surface area is 123 Å². The highest BCUT2D eigenvalue weighted by Gasteiger charge is 1.97. The average Bonchev–Trinajstić information content (AvgIpc) is 2.39. The van der Waals surface area contributed by atoms with Gasteiger partial charge in [-0.3, -0.25) is 0 Å². The van der Waals surface area contributed by atoms with Crippen LogP contribution in [0, 0.1) is 0 Å². The van der Waals surface area contributed by atoms with Gasteiger partial charge in [0.1, 0.15) is 16.3 Å². The van der Waals surface area contributed by atoms with Gasteiger partial charge in [-0.05, 0) is 36.8 Å². The van der Waals surface area contributed by atoms with Gasteiger partial charge < -0.3 is 9.84 Å². The Hall–Kier alpha value is -1.22. The lowest BCUT2D eigenvalue weighted by Gasteiger charge is -2.06. The second kappa shape index (κ2) is 8.81. The van der Waals surface area contributed by atoms with E-state index in [1.165, 1.54) is 0 Å². The quantitative estimate of drug-likeness (QED) is 0.826. The van der Waals surface area contributed by atoms with Gasteiger partial charge in [-0.2, -0.15) is 0 Å². The Bertz CT molecular complexity index is 470. The van der Waals surface area contributed by atoms with Crippen LogP contribution in [0.1, 0.15) is 12.5 Å². The molecule has 2 rings (SSSR count). The summed E-state index contributed by atoms with van der Waals surface area (Å²) in [6, 6.07) is 17.0. The molecule has 0 amide bonds. The van der Waals surface area contributed by atoms with Gasteiger partial charge in [-0.25, -0.2) is 0 Å². The first kappa shape index (κ1) is 15.8. The molecule has 0 aromatic heterocycles. The largest absolute Gasteiger partial charge is 0.457 e. The zero-order chi connectivity index (χ0) is 14.1. The fraction of sp³-hybridized carbons (Fsp3) is 0.200. The summed E-state index contributed by atoms with van der Waals surface area (Å²) in [6.07, 6.45) is 0. The molecule has 0 saturated heterocycles. The minimum atomic E-state index is -0.222. The third kappa shape index (κ3) is 7.06. The predicted molar refractivity (Wildman–Crippen MR) is 80.0 cm³/mol. The molecule has 0 unspecified atom stereocenters. The van der Waals surface area contributed by atoms with E-state index in [-0.39, 0.29) is 11.4 Å². The molecule has 2 aromatic carbocycles. The van der Waals surface area contributed by atoms with Crippen LogP contribution in [0.4, 0.5) is 0 Å². The van der Waals surface area contributed by atoms with Crippen molar-refractivity contribution in [3.05, 3.63) is 60.2 Å². The van der Waals surface area contributed by atoms with E-state index in [0.29, 0.717) is 0 Å². The number of alkyl halides is 2. The molecule has 0 bridgehead atoms. The number of halogens is 2. The first-order valence-electron chi connectivity index (χ1n) is 5.82. The number of hydrogen-bond acceptors (Lipinski definition) is 2. The highest BCUT2D eigenvalue weighted by atomic mass is 35.5. The number of aliphatic hydroxyl groups is 1. The predicted octanol–water partition coefficient (Wildman–Crippen LogP) is 4.78. The third-order valence-electron chi connectivity index (χ3n) is 2.06. The van der Waals surface area contributed by atoms with Gasteiger partial charge in [0.25, 0.3) is 0 Å². The van der Waals surface area contributed by atoms with Gasteiger partial charge in [0.2, 0.25) is 0 Å². The summed E-state index contributed by atoms with van der Waals surface area (Å²) in [5, 5.41) is 8.97. The lowest BCUT2D eigenvalue weighted by Crippen LogP contribution is -1.86. The molecular weight excluding hydrogens is 283 g/mol. The van der Waals surface area contributed by atoms with Gasteiger partial charge in [-0.1, -0.05) is 30.3 Å². The van der Waals surface area contributed by atoms with Gasteiger partial charge >= 0.3 is 0 Å². The molecule has 0 saturated carbocycles. The molecule has 0 spiro atoms. The molecule has 1 N–H and O–H groups in total. The molecule has 4 heteroatoms. The molecule has 19 heavy (non-hydrogen) atoms. The molecule has 0 heterocycles. The lowest BCUT2D eigenvalue weighted by molar-refractivity contribution is 0.281. The number of ether oxygens (including phenoxy) is 1. The van der Waals surface area contributed by atoms with Crippen molar-refractivity contribution < 1.29 is 9.84 Å². The molecule has 0 fully saturated rings. The second-order valence-electron chi connectivity index (χ2n) is 3.74. The third-order valence-corrected chi connectivity index (χ3v) is 2.06. The minimum absolute atomic E-state index is 0.0337. The van der Waals surface area contributed by atoms with Gasteiger partial charge in [0.15, 0.2) is 0 Å². The van der Waals surface area contributed by atoms with Crippen LogP contribution < -0.4 is 4.74 Å². The van der Waals surface area contributed by atoms with E-state index in [4.69, 9.17) is 33.0 Å². The number of aliphatic hydroxyl groups excluding tert-OH is 1. The summed E-state index contributed by atoms with van der Waals surface area (Å²) in [5.41, 5.74) is 0.850. The van der Waals surface area contributed by atoms with E-state index >= 15 is 0 Å². The first-order valence-corrected chi connectivity index (χ1v) is 6.70. The summed E-state index contributed by atoms with van der Waals surface area (Å²) in [5.74, 6) is 1.54. The molecular formula is C15H16Cl2O2. The maximum Gasteiger partial charge on any atom is 0.127 e. The smallest absolute Gasteiger partial charge is 0.127 e. The molecule has 0 aliphatic rings. The number of hydrogen-bond donors (Lipinski definition) is 1. The molecule has 0 aliphatic carbocycles. The Morgan fingerprint density at radius 1 is 1.00 bits per heavy atom. The van der Waals surface area contributed by atoms with Crippen LogP contribution in [-0.4, -0.2) is 9.94 Å². The van der Waals surface area contributed by atoms with Crippen molar-refractivity contribution >= 4 is 23.2 Å². The normalized spacial score (nSPS) is 9.74. The van der Waals surface area contributed by atoms with Crippen molar-refractivity contribution in [2.24, 2.45) is 0 Å². The molecule has 102 valence electrons. The van der Waals surface area contributed by atoms with E-state index in [1.54, 1.807) is 6.92 Å². The Balaban J connectivity index is 0.000000399. The molecule has 2 aromatic rings. The van der Waals surface area contributed by atoms with Gasteiger partial charge in [-0.15, -0.1) is 23.2 Å². The van der Waals surface area contributed by atoms with Crippen LogP contribution in [0.3, 0.4) is 0 Å². The van der Waals surface area contributed by atoms with E-state index in [9.17, 15) is 0 Å². The second-order valence-corrected chi connectivity index (χ2v) is 5.27. The van der Waals surface area contributed by atoms with E-state index in [2.05, 4.69) is 0 Å². The summed E-state index contributed by atoms with van der Waals surface area (Å²) in [4.78, 5) is -0.222. The topological polar surface area (TPSA) is 29.5 Å². The van der Waals surface area contributed by atoms with Crippen molar-refractivity contribution in [1.82, 2.24) is 0 Å². The van der Waals surface area contributed by atoms with Crippen LogP contribution in [0.2, 0.25) is 0 Å². The van der Waals surface area contributed by atoms with Gasteiger partial charge in [0, 0.05) is 0 Å². The van der Waals surface area contributed by atoms with Crippen molar-refractivity contribution in [2.45, 2.75) is 18.4 Å². The van der Waals surface area contributed by atoms with Gasteiger partial charge in [0.05, 0.1) is 6.61 Å². The van der Waals surface area contributed by atoms with Crippen LogP contribution in [0.25, 0.3) is 0 Å². The van der Waals surface area contributed by atoms with E-state index in [1.807, 2.05) is 54.6 Å². The highest BCUT2D eigenvalue weighted by Crippen LogP contribution is 2.21. The van der Waals surface area contributed by atoms with Crippen molar-refractivity contribution in [3.63, 3.8) is 0 Å². The minimum Gasteiger partial charge on any atom is -0.457 e. The fourth-order valence-corrected chi connectivity index (χ4v) is 1.33. The number of para-hydroxylation sites is 1. The monoisotopic (exact) mass is 298 g/mol. The Kier molecular flexibility index (Phi) is 7.34. The number of benzene rings is 2. The maximum atomic E-state index is 8.97. The summed E-state index contributed by atoms with van der Waals surface area (Å²) in [6.45, 7) is 1.73.